The molecule has 0 atom stereocenters. The van der Waals surface area contributed by atoms with E-state index < -0.39 is 0 Å². The van der Waals surface area contributed by atoms with Crippen molar-refractivity contribution in [3.05, 3.63) is 84.5 Å². The molecule has 3 rings (SSSR count). The first-order valence-corrected chi connectivity index (χ1v) is 8.79. The molecule has 144 valence electrons. The average molecular weight is 378 g/mol. The van der Waals surface area contributed by atoms with Gasteiger partial charge in [-0.15, -0.1) is 0 Å². The van der Waals surface area contributed by atoms with Crippen LogP contribution in [-0.4, -0.2) is 34.4 Å². The third-order valence-corrected chi connectivity index (χ3v) is 4.07. The standard InChI is InChI=1S/C21H22N4O3/c1-3-10-28-19-9-8-18(11-20(19)27-2)21(26)23-12-16-4-6-17(7-5-16)13-25-15-22-14-24-25/h3-9,11,14-15H,1,10,12-13H2,2H3,(H,23,26). The van der Waals surface area contributed by atoms with E-state index >= 15 is 0 Å². The molecule has 0 saturated carbocycles. The van der Waals surface area contributed by atoms with Crippen LogP contribution >= 0.6 is 0 Å². The SMILES string of the molecule is C=CCOc1ccc(C(=O)NCc2ccc(Cn3cncn3)cc2)cc1OC. The van der Waals surface area contributed by atoms with Gasteiger partial charge < -0.3 is 14.8 Å². The van der Waals surface area contributed by atoms with E-state index in [1.165, 1.54) is 6.33 Å². The number of methoxy groups -OCH3 is 1. The van der Waals surface area contributed by atoms with Crippen molar-refractivity contribution in [2.24, 2.45) is 0 Å². The largest absolute Gasteiger partial charge is 0.493 e. The van der Waals surface area contributed by atoms with Gasteiger partial charge in [0.1, 0.15) is 19.3 Å². The summed E-state index contributed by atoms with van der Waals surface area (Å²) < 4.78 is 12.6. The van der Waals surface area contributed by atoms with E-state index in [0.29, 0.717) is 36.8 Å². The number of amides is 1. The summed E-state index contributed by atoms with van der Waals surface area (Å²) in [7, 11) is 1.54. The predicted molar refractivity (Wildman–Crippen MR) is 105 cm³/mol. The van der Waals surface area contributed by atoms with Crippen molar-refractivity contribution in [2.75, 3.05) is 13.7 Å². The Kier molecular flexibility index (Phi) is 6.41. The lowest BCUT2D eigenvalue weighted by Crippen LogP contribution is -2.22. The van der Waals surface area contributed by atoms with Crippen molar-refractivity contribution in [1.29, 1.82) is 0 Å². The minimum atomic E-state index is -0.180. The number of hydrogen-bond acceptors (Lipinski definition) is 5. The van der Waals surface area contributed by atoms with Crippen LogP contribution in [0, 0.1) is 0 Å². The Balaban J connectivity index is 1.58. The third kappa shape index (κ3) is 4.97. The molecule has 1 heterocycles. The molecule has 7 heteroatoms. The second kappa shape index (κ2) is 9.36. The van der Waals surface area contributed by atoms with E-state index in [4.69, 9.17) is 9.47 Å². The van der Waals surface area contributed by atoms with Crippen LogP contribution in [-0.2, 0) is 13.1 Å². The summed E-state index contributed by atoms with van der Waals surface area (Å²) in [5.74, 6) is 0.897. The number of nitrogens with zero attached hydrogens (tertiary/aromatic N) is 3. The van der Waals surface area contributed by atoms with Gasteiger partial charge in [-0.1, -0.05) is 36.9 Å². The molecular formula is C21H22N4O3. The summed E-state index contributed by atoms with van der Waals surface area (Å²) >= 11 is 0. The smallest absolute Gasteiger partial charge is 0.251 e. The van der Waals surface area contributed by atoms with Crippen LogP contribution in [0.1, 0.15) is 21.5 Å². The predicted octanol–water partition coefficient (Wildman–Crippen LogP) is 2.83. The van der Waals surface area contributed by atoms with Gasteiger partial charge in [-0.2, -0.15) is 5.10 Å². The Bertz CT molecular complexity index is 921. The second-order valence-electron chi connectivity index (χ2n) is 6.06. The number of hydrogen-bond donors (Lipinski definition) is 1. The van der Waals surface area contributed by atoms with Crippen LogP contribution in [0.3, 0.4) is 0 Å². The molecule has 0 aliphatic heterocycles. The van der Waals surface area contributed by atoms with Gasteiger partial charge in [-0.05, 0) is 29.3 Å². The molecule has 1 aromatic heterocycles. The molecule has 0 aliphatic rings. The molecule has 1 amide bonds. The highest BCUT2D eigenvalue weighted by atomic mass is 16.5. The lowest BCUT2D eigenvalue weighted by molar-refractivity contribution is 0.0950. The molecule has 3 aromatic rings. The van der Waals surface area contributed by atoms with Gasteiger partial charge in [0.15, 0.2) is 11.5 Å². The summed E-state index contributed by atoms with van der Waals surface area (Å²) in [5.41, 5.74) is 2.62. The van der Waals surface area contributed by atoms with Gasteiger partial charge in [-0.3, -0.25) is 4.79 Å². The lowest BCUT2D eigenvalue weighted by Gasteiger charge is -2.11. The molecule has 0 saturated heterocycles. The maximum Gasteiger partial charge on any atom is 0.251 e. The fourth-order valence-electron chi connectivity index (χ4n) is 2.63. The first-order chi connectivity index (χ1) is 13.7. The van der Waals surface area contributed by atoms with Gasteiger partial charge >= 0.3 is 0 Å². The van der Waals surface area contributed by atoms with Crippen LogP contribution in [0.2, 0.25) is 0 Å². The van der Waals surface area contributed by atoms with Crippen LogP contribution in [0.25, 0.3) is 0 Å². The molecule has 28 heavy (non-hydrogen) atoms. The fraction of sp³-hybridized carbons (Fsp3) is 0.190. The van der Waals surface area contributed by atoms with Gasteiger partial charge in [0.05, 0.1) is 13.7 Å². The van der Waals surface area contributed by atoms with Crippen molar-refractivity contribution in [3.8, 4) is 11.5 Å². The topological polar surface area (TPSA) is 78.3 Å². The molecule has 0 fully saturated rings. The van der Waals surface area contributed by atoms with Crippen molar-refractivity contribution < 1.29 is 14.3 Å². The summed E-state index contributed by atoms with van der Waals surface area (Å²) in [5, 5.41) is 7.00. The highest BCUT2D eigenvalue weighted by Gasteiger charge is 2.11. The van der Waals surface area contributed by atoms with E-state index in [1.54, 1.807) is 42.4 Å². The summed E-state index contributed by atoms with van der Waals surface area (Å²) in [4.78, 5) is 16.4. The summed E-state index contributed by atoms with van der Waals surface area (Å²) in [6.45, 7) is 5.08. The van der Waals surface area contributed by atoms with Crippen molar-refractivity contribution >= 4 is 5.91 Å². The highest BCUT2D eigenvalue weighted by molar-refractivity contribution is 5.94. The molecule has 0 spiro atoms. The number of benzene rings is 2. The zero-order chi connectivity index (χ0) is 19.8. The summed E-state index contributed by atoms with van der Waals surface area (Å²) in [6, 6.07) is 13.1. The molecule has 0 unspecified atom stereocenters. The normalized spacial score (nSPS) is 10.3. The van der Waals surface area contributed by atoms with Crippen molar-refractivity contribution in [3.63, 3.8) is 0 Å². The number of carbonyl (C=O) groups excluding carboxylic acids is 1. The number of aromatic nitrogens is 3. The third-order valence-electron chi connectivity index (χ3n) is 4.07. The Labute approximate surface area is 163 Å². The Morgan fingerprint density at radius 2 is 1.96 bits per heavy atom. The maximum absolute atomic E-state index is 12.4. The van der Waals surface area contributed by atoms with E-state index in [2.05, 4.69) is 22.0 Å². The van der Waals surface area contributed by atoms with Crippen LogP contribution in [0.5, 0.6) is 11.5 Å². The number of rotatable bonds is 9. The molecule has 1 N–H and O–H groups in total. The van der Waals surface area contributed by atoms with Crippen LogP contribution in [0.15, 0.2) is 67.8 Å². The number of carbonyl (C=O) groups is 1. The lowest BCUT2D eigenvalue weighted by atomic mass is 10.1. The number of nitrogens with one attached hydrogen (secondary N) is 1. The Hall–Kier alpha value is -3.61. The zero-order valence-corrected chi connectivity index (χ0v) is 15.7. The Morgan fingerprint density at radius 3 is 2.64 bits per heavy atom. The van der Waals surface area contributed by atoms with E-state index in [0.717, 1.165) is 11.1 Å². The molecule has 2 aromatic carbocycles. The van der Waals surface area contributed by atoms with Gasteiger partial charge in [0.2, 0.25) is 0 Å². The minimum Gasteiger partial charge on any atom is -0.493 e. The highest BCUT2D eigenvalue weighted by Crippen LogP contribution is 2.28. The summed E-state index contributed by atoms with van der Waals surface area (Å²) in [6.07, 6.45) is 4.84. The molecule has 7 nitrogen and oxygen atoms in total. The van der Waals surface area contributed by atoms with Gasteiger partial charge in [0.25, 0.3) is 5.91 Å². The minimum absolute atomic E-state index is 0.180. The van der Waals surface area contributed by atoms with Crippen LogP contribution < -0.4 is 14.8 Å². The van der Waals surface area contributed by atoms with Gasteiger partial charge in [0, 0.05) is 12.1 Å². The molecular weight excluding hydrogens is 356 g/mol. The van der Waals surface area contributed by atoms with E-state index in [9.17, 15) is 4.79 Å². The quantitative estimate of drug-likeness (QED) is 0.579. The molecule has 0 aliphatic carbocycles. The first-order valence-electron chi connectivity index (χ1n) is 8.79. The average Bonchev–Trinajstić information content (AvgIpc) is 3.24. The van der Waals surface area contributed by atoms with Crippen molar-refractivity contribution in [2.45, 2.75) is 13.1 Å². The fourth-order valence-corrected chi connectivity index (χ4v) is 2.63. The molecule has 0 bridgehead atoms. The van der Waals surface area contributed by atoms with E-state index in [-0.39, 0.29) is 5.91 Å². The van der Waals surface area contributed by atoms with Crippen molar-refractivity contribution in [1.82, 2.24) is 20.1 Å². The first kappa shape index (κ1) is 19.2. The number of ether oxygens (including phenoxy) is 2. The zero-order valence-electron chi connectivity index (χ0n) is 15.7. The van der Waals surface area contributed by atoms with Crippen LogP contribution in [0.4, 0.5) is 0 Å². The van der Waals surface area contributed by atoms with Gasteiger partial charge in [-0.25, -0.2) is 9.67 Å². The molecule has 0 radical (unpaired) electrons. The van der Waals surface area contributed by atoms with E-state index in [1.807, 2.05) is 24.3 Å². The Morgan fingerprint density at radius 1 is 1.18 bits per heavy atom. The monoisotopic (exact) mass is 378 g/mol. The second-order valence-corrected chi connectivity index (χ2v) is 6.06. The maximum atomic E-state index is 12.4.